The molecule has 0 radical (unpaired) electrons. The van der Waals surface area contributed by atoms with Gasteiger partial charge in [-0.2, -0.15) is 0 Å². The third kappa shape index (κ3) is 8.60. The molecule has 0 fully saturated rings. The van der Waals surface area contributed by atoms with Gasteiger partial charge in [-0.3, -0.25) is 39.4 Å². The van der Waals surface area contributed by atoms with E-state index >= 15 is 0 Å². The topological polar surface area (TPSA) is 231 Å². The predicted octanol–water partition coefficient (Wildman–Crippen LogP) is 10.0. The molecule has 0 unspecified atom stereocenters. The average Bonchev–Trinajstić information content (AvgIpc) is 3.69. The molecule has 1 aromatic heterocycles. The van der Waals surface area contributed by atoms with Gasteiger partial charge in [-0.15, -0.1) is 0 Å². The first kappa shape index (κ1) is 40.5. The Labute approximate surface area is 352 Å². The SMILES string of the molecule is O=C(Nc1ccc2nc(-c3cc(Cl)c(NC(=O)c4ccc(NC(=O)c5ccccc5[N+](=O)[O-])cc4)c(Cl)c3)[nH]c2c1Cl)c1ccc(NC(=O)c2ccccc2[N+](=O)[O-])cc1. The van der Waals surface area contributed by atoms with Crippen LogP contribution in [-0.4, -0.2) is 43.4 Å². The van der Waals surface area contributed by atoms with E-state index in [1.807, 2.05) is 0 Å². The highest BCUT2D eigenvalue weighted by molar-refractivity contribution is 6.40. The van der Waals surface area contributed by atoms with E-state index in [1.165, 1.54) is 109 Å². The number of hydrogen-bond acceptors (Lipinski definition) is 9. The third-order valence-corrected chi connectivity index (χ3v) is 9.89. The highest BCUT2D eigenvalue weighted by Gasteiger charge is 2.22. The summed E-state index contributed by atoms with van der Waals surface area (Å²) in [7, 11) is 0. The van der Waals surface area contributed by atoms with E-state index in [0.29, 0.717) is 33.8 Å². The van der Waals surface area contributed by atoms with Gasteiger partial charge in [-0.1, -0.05) is 59.1 Å². The maximum atomic E-state index is 13.2. The lowest BCUT2D eigenvalue weighted by Gasteiger charge is -2.12. The second-order valence-electron chi connectivity index (χ2n) is 12.7. The van der Waals surface area contributed by atoms with Gasteiger partial charge in [0.15, 0.2) is 0 Å². The maximum Gasteiger partial charge on any atom is 0.282 e. The van der Waals surface area contributed by atoms with Crippen LogP contribution in [0.2, 0.25) is 15.1 Å². The molecule has 7 rings (SSSR count). The Kier molecular flexibility index (Phi) is 11.5. The summed E-state index contributed by atoms with van der Waals surface area (Å²) in [4.78, 5) is 80.7. The highest BCUT2D eigenvalue weighted by Crippen LogP contribution is 2.38. The summed E-state index contributed by atoms with van der Waals surface area (Å²) in [5.41, 5.74) is 1.81. The van der Waals surface area contributed by atoms with Crippen LogP contribution in [0.4, 0.5) is 34.1 Å². The molecule has 0 saturated carbocycles. The summed E-state index contributed by atoms with van der Waals surface area (Å²) >= 11 is 19.9. The molecule has 1 heterocycles. The number of fused-ring (bicyclic) bond motifs is 1. The summed E-state index contributed by atoms with van der Waals surface area (Å²) in [6.07, 6.45) is 0. The van der Waals surface area contributed by atoms with E-state index in [0.717, 1.165) is 0 Å². The van der Waals surface area contributed by atoms with Crippen LogP contribution >= 0.6 is 34.8 Å². The van der Waals surface area contributed by atoms with Crippen molar-refractivity contribution in [3.05, 3.63) is 179 Å². The third-order valence-electron chi connectivity index (χ3n) is 8.90. The lowest BCUT2D eigenvalue weighted by molar-refractivity contribution is -0.385. The number of aromatic amines is 1. The van der Waals surface area contributed by atoms with E-state index in [2.05, 4.69) is 31.2 Å². The van der Waals surface area contributed by atoms with Gasteiger partial charge < -0.3 is 26.3 Å². The minimum Gasteiger partial charge on any atom is -0.337 e. The first-order valence-corrected chi connectivity index (χ1v) is 18.5. The predicted molar refractivity (Wildman–Crippen MR) is 227 cm³/mol. The number of carbonyl (C=O) groups excluding carboxylic acids is 4. The number of nitro benzene ring substituents is 2. The van der Waals surface area contributed by atoms with E-state index in [-0.39, 0.29) is 60.1 Å². The monoisotopic (exact) mass is 862 g/mol. The van der Waals surface area contributed by atoms with Crippen LogP contribution in [0, 0.1) is 20.2 Å². The number of halogens is 3. The molecule has 16 nitrogen and oxygen atoms in total. The summed E-state index contributed by atoms with van der Waals surface area (Å²) in [5.74, 6) is -2.12. The lowest BCUT2D eigenvalue weighted by atomic mass is 10.1. The fourth-order valence-corrected chi connectivity index (χ4v) is 6.78. The van der Waals surface area contributed by atoms with Gasteiger partial charge in [0.05, 0.1) is 47.3 Å². The molecule has 60 heavy (non-hydrogen) atoms. The number of imidazole rings is 1. The Morgan fingerprint density at radius 1 is 0.567 bits per heavy atom. The van der Waals surface area contributed by atoms with Crippen LogP contribution in [0.1, 0.15) is 41.4 Å². The molecule has 5 N–H and O–H groups in total. The van der Waals surface area contributed by atoms with E-state index in [4.69, 9.17) is 34.8 Å². The average molecular weight is 864 g/mol. The fourth-order valence-electron chi connectivity index (χ4n) is 5.94. The number of hydrogen-bond donors (Lipinski definition) is 5. The fraction of sp³-hybridized carbons (Fsp3) is 0. The van der Waals surface area contributed by atoms with Crippen LogP contribution < -0.4 is 21.3 Å². The van der Waals surface area contributed by atoms with Crippen molar-refractivity contribution in [3.63, 3.8) is 0 Å². The molecule has 7 aromatic rings. The van der Waals surface area contributed by atoms with Gasteiger partial charge in [0, 0.05) is 40.2 Å². The highest BCUT2D eigenvalue weighted by atomic mass is 35.5. The van der Waals surface area contributed by atoms with Crippen LogP contribution in [0.15, 0.2) is 121 Å². The van der Waals surface area contributed by atoms with Gasteiger partial charge in [0.1, 0.15) is 17.0 Å². The first-order chi connectivity index (χ1) is 28.8. The number of aromatic nitrogens is 2. The number of anilines is 4. The Bertz CT molecular complexity index is 2880. The van der Waals surface area contributed by atoms with Gasteiger partial charge in [0.2, 0.25) is 0 Å². The Hall–Kier alpha value is -7.66. The van der Waals surface area contributed by atoms with Gasteiger partial charge in [-0.05, 0) is 84.9 Å². The van der Waals surface area contributed by atoms with Crippen molar-refractivity contribution >= 4 is 104 Å². The number of para-hydroxylation sites is 2. The van der Waals surface area contributed by atoms with E-state index < -0.39 is 33.5 Å². The van der Waals surface area contributed by atoms with Crippen molar-refractivity contribution in [2.45, 2.75) is 0 Å². The number of benzene rings is 6. The Morgan fingerprint density at radius 3 is 1.52 bits per heavy atom. The zero-order valence-corrected chi connectivity index (χ0v) is 32.6. The van der Waals surface area contributed by atoms with Crippen LogP contribution in [0.5, 0.6) is 0 Å². The van der Waals surface area contributed by atoms with E-state index in [1.54, 1.807) is 12.1 Å². The lowest BCUT2D eigenvalue weighted by Crippen LogP contribution is -2.15. The number of carbonyl (C=O) groups is 4. The number of amides is 4. The minimum atomic E-state index is -0.690. The quantitative estimate of drug-likeness (QED) is 0.0614. The summed E-state index contributed by atoms with van der Waals surface area (Å²) in [5, 5.41) is 33.5. The summed E-state index contributed by atoms with van der Waals surface area (Å²) < 4.78 is 0. The number of rotatable bonds is 11. The number of nitrogens with zero attached hydrogens (tertiary/aromatic N) is 3. The summed E-state index contributed by atoms with van der Waals surface area (Å²) in [6.45, 7) is 0. The second-order valence-corrected chi connectivity index (χ2v) is 13.9. The molecular weight excluding hydrogens is 839 g/mol. The zero-order valence-electron chi connectivity index (χ0n) is 30.3. The van der Waals surface area contributed by atoms with Gasteiger partial charge in [-0.25, -0.2) is 4.98 Å². The zero-order chi connectivity index (χ0) is 42.7. The maximum absolute atomic E-state index is 13.2. The molecule has 0 atom stereocenters. The number of nitrogens with one attached hydrogen (secondary N) is 5. The largest absolute Gasteiger partial charge is 0.337 e. The first-order valence-electron chi connectivity index (χ1n) is 17.4. The minimum absolute atomic E-state index is 0.0886. The van der Waals surface area contributed by atoms with Crippen molar-refractivity contribution in [2.75, 3.05) is 21.3 Å². The van der Waals surface area contributed by atoms with Crippen LogP contribution in [-0.2, 0) is 0 Å². The van der Waals surface area contributed by atoms with Crippen molar-refractivity contribution in [2.24, 2.45) is 0 Å². The van der Waals surface area contributed by atoms with Crippen molar-refractivity contribution in [1.82, 2.24) is 9.97 Å². The Balaban J connectivity index is 1.00. The molecule has 0 aliphatic carbocycles. The van der Waals surface area contributed by atoms with Crippen LogP contribution in [0.25, 0.3) is 22.4 Å². The number of H-pyrrole nitrogens is 1. The van der Waals surface area contributed by atoms with Crippen LogP contribution in [0.3, 0.4) is 0 Å². The smallest absolute Gasteiger partial charge is 0.282 e. The Morgan fingerprint density at radius 2 is 1.03 bits per heavy atom. The molecule has 19 heteroatoms. The molecule has 0 spiro atoms. The molecule has 0 aliphatic heterocycles. The molecule has 0 bridgehead atoms. The van der Waals surface area contributed by atoms with Crippen molar-refractivity contribution in [3.8, 4) is 11.4 Å². The van der Waals surface area contributed by atoms with Gasteiger partial charge >= 0.3 is 0 Å². The van der Waals surface area contributed by atoms with Crippen molar-refractivity contribution in [1.29, 1.82) is 0 Å². The van der Waals surface area contributed by atoms with E-state index in [9.17, 15) is 39.4 Å². The molecule has 298 valence electrons. The normalized spacial score (nSPS) is 10.8. The number of nitro groups is 2. The molecular formula is C41H25Cl3N8O8. The molecule has 4 amide bonds. The second kappa shape index (κ2) is 17.1. The molecule has 6 aromatic carbocycles. The molecule has 0 saturated heterocycles. The van der Waals surface area contributed by atoms with Gasteiger partial charge in [0.25, 0.3) is 35.0 Å². The summed E-state index contributed by atoms with van der Waals surface area (Å²) in [6, 6.07) is 29.0. The molecule has 0 aliphatic rings. The standard InChI is InChI=1S/C41H25Cl3N8O8/c42-28-19-23(20-29(43)35(28)50-39(54)22-11-15-25(16-12-22)46-41(56)27-6-2-4-8-33(27)52(59)60)37-47-31-18-17-30(34(44)36(31)49-37)48-38(53)21-9-13-24(14-10-21)45-40(55)26-5-1-3-7-32(26)51(57)58/h1-20H,(H,45,55)(H,46,56)(H,47,49)(H,48,53)(H,50,54). The van der Waals surface area contributed by atoms with Crippen molar-refractivity contribution < 1.29 is 29.0 Å².